The van der Waals surface area contributed by atoms with Crippen LogP contribution in [0.25, 0.3) is 0 Å². The van der Waals surface area contributed by atoms with Crippen LogP contribution in [0.4, 0.5) is 10.1 Å². The first-order chi connectivity index (χ1) is 20.2. The Labute approximate surface area is 252 Å². The van der Waals surface area contributed by atoms with Gasteiger partial charge in [-0.2, -0.15) is 0 Å². The number of benzene rings is 3. The Morgan fingerprint density at radius 1 is 0.976 bits per heavy atom. The Hall–Kier alpha value is -3.43. The summed E-state index contributed by atoms with van der Waals surface area (Å²) in [5.41, 5.74) is 1.03. The normalized spacial score (nSPS) is 14.6. The number of amides is 2. The monoisotopic (exact) mass is 613 g/mol. The predicted molar refractivity (Wildman–Crippen MR) is 163 cm³/mol. The van der Waals surface area contributed by atoms with Gasteiger partial charge < -0.3 is 10.2 Å². The van der Waals surface area contributed by atoms with Gasteiger partial charge in [0, 0.05) is 12.6 Å². The van der Waals surface area contributed by atoms with Crippen LogP contribution in [0.2, 0.25) is 5.02 Å². The van der Waals surface area contributed by atoms with Crippen molar-refractivity contribution in [3.63, 3.8) is 0 Å². The van der Waals surface area contributed by atoms with Crippen molar-refractivity contribution >= 4 is 39.1 Å². The average Bonchev–Trinajstić information content (AvgIpc) is 3.00. The molecule has 1 atom stereocenters. The van der Waals surface area contributed by atoms with E-state index in [9.17, 15) is 22.4 Å². The maximum Gasteiger partial charge on any atom is 0.264 e. The van der Waals surface area contributed by atoms with Gasteiger partial charge in [-0.05, 0) is 61.6 Å². The molecular formula is C32H37ClFN3O4S. The number of carbonyl (C=O) groups is 2. The molecule has 0 heterocycles. The summed E-state index contributed by atoms with van der Waals surface area (Å²) in [7, 11) is -4.25. The summed E-state index contributed by atoms with van der Waals surface area (Å²) in [6.45, 7) is 1.45. The number of nitrogens with one attached hydrogen (secondary N) is 1. The average molecular weight is 614 g/mol. The molecule has 7 nitrogen and oxygen atoms in total. The highest BCUT2D eigenvalue weighted by Gasteiger charge is 2.34. The minimum atomic E-state index is -4.25. The number of nitrogens with zero attached hydrogens (tertiary/aromatic N) is 2. The van der Waals surface area contributed by atoms with Crippen molar-refractivity contribution in [1.82, 2.24) is 10.2 Å². The van der Waals surface area contributed by atoms with E-state index in [1.165, 1.54) is 29.2 Å². The summed E-state index contributed by atoms with van der Waals surface area (Å²) in [5, 5.41) is 2.86. The van der Waals surface area contributed by atoms with Crippen LogP contribution in [0.15, 0.2) is 83.8 Å². The maximum absolute atomic E-state index is 14.1. The second-order valence-corrected chi connectivity index (χ2v) is 12.8. The Morgan fingerprint density at radius 2 is 1.62 bits per heavy atom. The zero-order valence-electron chi connectivity index (χ0n) is 23.7. The zero-order valence-corrected chi connectivity index (χ0v) is 25.3. The number of hydrogen-bond acceptors (Lipinski definition) is 4. The standard InChI is InChI=1S/C32H37ClFN3O4S/c1-2-30(32(39)35-25-14-8-4-9-15-25)36(21-20-24-12-6-3-7-13-24)31(38)23-37(26-18-19-29(34)28(33)22-26)42(40,41)27-16-10-5-11-17-27/h3,5-7,10-13,16-19,22,25,30H,2,4,8-9,14-15,20-21,23H2,1H3,(H,35,39)/t30-/m0/s1. The van der Waals surface area contributed by atoms with E-state index in [4.69, 9.17) is 11.6 Å². The number of carbonyl (C=O) groups excluding carboxylic acids is 2. The first kappa shape index (κ1) is 31.5. The summed E-state index contributed by atoms with van der Waals surface area (Å²) < 4.78 is 42.7. The SMILES string of the molecule is CC[C@@H](C(=O)NC1CCCCC1)N(CCc1ccccc1)C(=O)CN(c1ccc(F)c(Cl)c1)S(=O)(=O)c1ccccc1. The summed E-state index contributed by atoms with van der Waals surface area (Å²) >= 11 is 6.03. The van der Waals surface area contributed by atoms with E-state index in [0.717, 1.165) is 48.0 Å². The fourth-order valence-corrected chi connectivity index (χ4v) is 6.93. The van der Waals surface area contributed by atoms with Gasteiger partial charge in [0.25, 0.3) is 10.0 Å². The van der Waals surface area contributed by atoms with Crippen molar-refractivity contribution in [2.24, 2.45) is 0 Å². The third kappa shape index (κ3) is 7.89. The van der Waals surface area contributed by atoms with Gasteiger partial charge in [-0.25, -0.2) is 12.8 Å². The van der Waals surface area contributed by atoms with Crippen molar-refractivity contribution in [1.29, 1.82) is 0 Å². The van der Waals surface area contributed by atoms with Gasteiger partial charge in [-0.3, -0.25) is 13.9 Å². The molecule has 1 aliphatic rings. The van der Waals surface area contributed by atoms with Crippen molar-refractivity contribution in [3.05, 3.63) is 95.3 Å². The lowest BCUT2D eigenvalue weighted by Gasteiger charge is -2.34. The molecule has 0 aromatic heterocycles. The molecule has 224 valence electrons. The van der Waals surface area contributed by atoms with Crippen LogP contribution >= 0.6 is 11.6 Å². The topological polar surface area (TPSA) is 86.8 Å². The highest BCUT2D eigenvalue weighted by atomic mass is 35.5. The first-order valence-corrected chi connectivity index (χ1v) is 16.2. The van der Waals surface area contributed by atoms with Crippen LogP contribution < -0.4 is 9.62 Å². The lowest BCUT2D eigenvalue weighted by Crippen LogP contribution is -2.54. The van der Waals surface area contributed by atoms with Crippen LogP contribution in [0.5, 0.6) is 0 Å². The van der Waals surface area contributed by atoms with Gasteiger partial charge in [0.05, 0.1) is 15.6 Å². The van der Waals surface area contributed by atoms with Crippen molar-refractivity contribution < 1.29 is 22.4 Å². The van der Waals surface area contributed by atoms with E-state index in [-0.39, 0.29) is 34.1 Å². The minimum Gasteiger partial charge on any atom is -0.352 e. The lowest BCUT2D eigenvalue weighted by atomic mass is 9.95. The van der Waals surface area contributed by atoms with Crippen LogP contribution in [-0.4, -0.2) is 50.3 Å². The van der Waals surface area contributed by atoms with Crippen LogP contribution in [0.3, 0.4) is 0 Å². The number of anilines is 1. The Balaban J connectivity index is 1.67. The molecule has 42 heavy (non-hydrogen) atoms. The minimum absolute atomic E-state index is 0.0313. The summed E-state index contributed by atoms with van der Waals surface area (Å²) in [5.74, 6) is -1.50. The molecular weight excluding hydrogens is 577 g/mol. The summed E-state index contributed by atoms with van der Waals surface area (Å²) in [6, 6.07) is 20.1. The number of sulfonamides is 1. The van der Waals surface area contributed by atoms with E-state index in [1.807, 2.05) is 37.3 Å². The third-order valence-electron chi connectivity index (χ3n) is 7.62. The fraction of sp³-hybridized carbons (Fsp3) is 0.375. The largest absolute Gasteiger partial charge is 0.352 e. The Morgan fingerprint density at radius 3 is 2.24 bits per heavy atom. The second kappa shape index (κ2) is 14.6. The van der Waals surface area contributed by atoms with Gasteiger partial charge in [0.1, 0.15) is 18.4 Å². The molecule has 0 saturated heterocycles. The molecule has 1 N–H and O–H groups in total. The fourth-order valence-electron chi connectivity index (χ4n) is 5.33. The molecule has 10 heteroatoms. The summed E-state index contributed by atoms with van der Waals surface area (Å²) in [4.78, 5) is 29.1. The van der Waals surface area contributed by atoms with Gasteiger partial charge in [0.15, 0.2) is 0 Å². The van der Waals surface area contributed by atoms with Gasteiger partial charge in [0.2, 0.25) is 11.8 Å². The van der Waals surface area contributed by atoms with E-state index in [0.29, 0.717) is 12.8 Å². The number of rotatable bonds is 12. The molecule has 1 fully saturated rings. The molecule has 0 bridgehead atoms. The van der Waals surface area contributed by atoms with Crippen LogP contribution in [0, 0.1) is 5.82 Å². The molecule has 0 radical (unpaired) electrons. The van der Waals surface area contributed by atoms with Gasteiger partial charge in [-0.1, -0.05) is 86.3 Å². The molecule has 4 rings (SSSR count). The zero-order chi connectivity index (χ0) is 30.1. The highest BCUT2D eigenvalue weighted by molar-refractivity contribution is 7.92. The quantitative estimate of drug-likeness (QED) is 0.273. The lowest BCUT2D eigenvalue weighted by molar-refractivity contribution is -0.140. The Bertz CT molecular complexity index is 1450. The van der Waals surface area contributed by atoms with E-state index in [1.54, 1.807) is 18.2 Å². The predicted octanol–water partition coefficient (Wildman–Crippen LogP) is 5.97. The molecule has 3 aromatic rings. The highest BCUT2D eigenvalue weighted by Crippen LogP contribution is 2.28. The first-order valence-electron chi connectivity index (χ1n) is 14.4. The molecule has 3 aromatic carbocycles. The number of hydrogen-bond donors (Lipinski definition) is 1. The van der Waals surface area contributed by atoms with Crippen LogP contribution in [-0.2, 0) is 26.0 Å². The molecule has 1 aliphatic carbocycles. The van der Waals surface area contributed by atoms with Crippen LogP contribution in [0.1, 0.15) is 51.0 Å². The van der Waals surface area contributed by atoms with Gasteiger partial charge >= 0.3 is 0 Å². The van der Waals surface area contributed by atoms with E-state index in [2.05, 4.69) is 5.32 Å². The Kier molecular flexibility index (Phi) is 11.0. The van der Waals surface area contributed by atoms with Crippen molar-refractivity contribution in [3.8, 4) is 0 Å². The summed E-state index contributed by atoms with van der Waals surface area (Å²) in [6.07, 6.45) is 5.86. The van der Waals surface area contributed by atoms with Crippen molar-refractivity contribution in [2.45, 2.75) is 68.8 Å². The maximum atomic E-state index is 14.1. The molecule has 2 amide bonds. The van der Waals surface area contributed by atoms with Crippen molar-refractivity contribution in [2.75, 3.05) is 17.4 Å². The molecule has 0 unspecified atom stereocenters. The molecule has 0 aliphatic heterocycles. The molecule has 1 saturated carbocycles. The van der Waals surface area contributed by atoms with Gasteiger partial charge in [-0.15, -0.1) is 0 Å². The van der Waals surface area contributed by atoms with E-state index >= 15 is 0 Å². The third-order valence-corrected chi connectivity index (χ3v) is 9.70. The molecule has 0 spiro atoms. The smallest absolute Gasteiger partial charge is 0.264 e. The second-order valence-electron chi connectivity index (χ2n) is 10.5. The van der Waals surface area contributed by atoms with E-state index < -0.39 is 34.3 Å². The number of halogens is 2.